The van der Waals surface area contributed by atoms with E-state index in [2.05, 4.69) is 16.8 Å². The molecule has 1 aliphatic heterocycles. The van der Waals surface area contributed by atoms with Gasteiger partial charge in [-0.2, -0.15) is 0 Å². The second-order valence-corrected chi connectivity index (χ2v) is 4.55. The molecule has 0 saturated heterocycles. The summed E-state index contributed by atoms with van der Waals surface area (Å²) in [7, 11) is 1.73. The van der Waals surface area contributed by atoms with Gasteiger partial charge >= 0.3 is 0 Å². The highest BCUT2D eigenvalue weighted by Gasteiger charge is 2.51. The summed E-state index contributed by atoms with van der Waals surface area (Å²) in [5.41, 5.74) is 6.17. The monoisotopic (exact) mass is 211 g/mol. The number of guanidine groups is 1. The van der Waals surface area contributed by atoms with Gasteiger partial charge in [0.25, 0.3) is 0 Å². The van der Waals surface area contributed by atoms with E-state index >= 15 is 0 Å². The maximum atomic E-state index is 5.96. The first-order valence-electron chi connectivity index (χ1n) is 5.81. The standard InChI is InChI=1S/C11H21N3O/c1-3-11(9-4-5-9)8-13-10(12)14(11)6-7-15-2/h9H,3-8H2,1-2H3,(H2,12,13). The Morgan fingerprint density at radius 1 is 1.60 bits per heavy atom. The van der Waals surface area contributed by atoms with Gasteiger partial charge < -0.3 is 15.4 Å². The van der Waals surface area contributed by atoms with Crippen LogP contribution in [0.15, 0.2) is 4.99 Å². The minimum absolute atomic E-state index is 0.211. The molecule has 4 nitrogen and oxygen atoms in total. The predicted octanol–water partition coefficient (Wildman–Crippen LogP) is 0.822. The Morgan fingerprint density at radius 2 is 2.33 bits per heavy atom. The Kier molecular flexibility index (Phi) is 2.87. The first kappa shape index (κ1) is 10.7. The van der Waals surface area contributed by atoms with E-state index in [0.717, 1.165) is 32.0 Å². The molecule has 1 heterocycles. The van der Waals surface area contributed by atoms with Crippen LogP contribution in [0.1, 0.15) is 26.2 Å². The van der Waals surface area contributed by atoms with Gasteiger partial charge in [-0.1, -0.05) is 6.92 Å². The van der Waals surface area contributed by atoms with Gasteiger partial charge in [0.2, 0.25) is 0 Å². The summed E-state index contributed by atoms with van der Waals surface area (Å²) in [5, 5.41) is 0. The molecule has 0 aromatic rings. The van der Waals surface area contributed by atoms with Crippen molar-refractivity contribution in [2.75, 3.05) is 26.8 Å². The molecule has 4 heteroatoms. The quantitative estimate of drug-likeness (QED) is 0.732. The Bertz CT molecular complexity index is 263. The van der Waals surface area contributed by atoms with E-state index in [9.17, 15) is 0 Å². The smallest absolute Gasteiger partial charge is 0.191 e. The van der Waals surface area contributed by atoms with Crippen LogP contribution in [-0.2, 0) is 4.74 Å². The lowest BCUT2D eigenvalue weighted by Gasteiger charge is -2.39. The fourth-order valence-electron chi connectivity index (χ4n) is 2.70. The van der Waals surface area contributed by atoms with E-state index in [1.165, 1.54) is 12.8 Å². The average Bonchev–Trinajstić information content (AvgIpc) is 3.03. The molecule has 1 atom stereocenters. The molecule has 1 saturated carbocycles. The summed E-state index contributed by atoms with van der Waals surface area (Å²) < 4.78 is 5.14. The summed E-state index contributed by atoms with van der Waals surface area (Å²) in [5.74, 6) is 1.50. The van der Waals surface area contributed by atoms with Crippen molar-refractivity contribution in [2.45, 2.75) is 31.7 Å². The number of methoxy groups -OCH3 is 1. The second kappa shape index (κ2) is 4.00. The summed E-state index contributed by atoms with van der Waals surface area (Å²) in [6.07, 6.45) is 3.80. The molecule has 2 rings (SSSR count). The zero-order valence-electron chi connectivity index (χ0n) is 9.70. The molecule has 2 aliphatic rings. The molecule has 0 spiro atoms. The molecule has 86 valence electrons. The third-order valence-corrected chi connectivity index (χ3v) is 3.80. The maximum Gasteiger partial charge on any atom is 0.191 e. The number of hydrogen-bond acceptors (Lipinski definition) is 4. The largest absolute Gasteiger partial charge is 0.383 e. The number of nitrogens with two attached hydrogens (primary N) is 1. The van der Waals surface area contributed by atoms with Gasteiger partial charge in [0.05, 0.1) is 18.7 Å². The number of hydrogen-bond donors (Lipinski definition) is 1. The lowest BCUT2D eigenvalue weighted by molar-refractivity contribution is 0.112. The van der Waals surface area contributed by atoms with Crippen molar-refractivity contribution in [1.82, 2.24) is 4.90 Å². The van der Waals surface area contributed by atoms with Gasteiger partial charge in [-0.05, 0) is 25.2 Å². The Hall–Kier alpha value is -0.770. The molecule has 15 heavy (non-hydrogen) atoms. The van der Waals surface area contributed by atoms with Crippen molar-refractivity contribution in [2.24, 2.45) is 16.6 Å². The summed E-state index contributed by atoms with van der Waals surface area (Å²) in [6.45, 7) is 4.72. The Labute approximate surface area is 91.5 Å². The van der Waals surface area contributed by atoms with E-state index in [1.807, 2.05) is 0 Å². The Balaban J connectivity index is 2.09. The average molecular weight is 211 g/mol. The summed E-state index contributed by atoms with van der Waals surface area (Å²) >= 11 is 0. The van der Waals surface area contributed by atoms with Crippen LogP contribution in [0.25, 0.3) is 0 Å². The van der Waals surface area contributed by atoms with Gasteiger partial charge in [-0.15, -0.1) is 0 Å². The third kappa shape index (κ3) is 1.71. The van der Waals surface area contributed by atoms with Gasteiger partial charge in [-0.3, -0.25) is 4.99 Å². The fraction of sp³-hybridized carbons (Fsp3) is 0.909. The van der Waals surface area contributed by atoms with Crippen LogP contribution in [-0.4, -0.2) is 43.2 Å². The van der Waals surface area contributed by atoms with E-state index in [1.54, 1.807) is 7.11 Å². The molecule has 0 radical (unpaired) electrons. The molecule has 2 N–H and O–H groups in total. The minimum Gasteiger partial charge on any atom is -0.383 e. The van der Waals surface area contributed by atoms with E-state index in [-0.39, 0.29) is 5.54 Å². The normalized spacial score (nSPS) is 30.8. The van der Waals surface area contributed by atoms with Gasteiger partial charge in [0.1, 0.15) is 0 Å². The van der Waals surface area contributed by atoms with Gasteiger partial charge in [-0.25, -0.2) is 0 Å². The topological polar surface area (TPSA) is 50.8 Å². The summed E-state index contributed by atoms with van der Waals surface area (Å²) in [4.78, 5) is 6.69. The molecule has 0 bridgehead atoms. The van der Waals surface area contributed by atoms with Crippen molar-refractivity contribution in [3.05, 3.63) is 0 Å². The number of rotatable bonds is 5. The van der Waals surface area contributed by atoms with Crippen molar-refractivity contribution in [3.8, 4) is 0 Å². The van der Waals surface area contributed by atoms with Crippen molar-refractivity contribution in [3.63, 3.8) is 0 Å². The predicted molar refractivity (Wildman–Crippen MR) is 60.8 cm³/mol. The van der Waals surface area contributed by atoms with E-state index in [0.29, 0.717) is 5.96 Å². The molecular formula is C11H21N3O. The molecule has 1 unspecified atom stereocenters. The SMILES string of the molecule is CCC1(C2CC2)CN=C(N)N1CCOC. The van der Waals surface area contributed by atoms with Crippen molar-refractivity contribution >= 4 is 5.96 Å². The highest BCUT2D eigenvalue weighted by molar-refractivity contribution is 5.81. The number of nitrogens with zero attached hydrogens (tertiary/aromatic N) is 2. The molecule has 1 fully saturated rings. The number of aliphatic imine (C=N–C) groups is 1. The van der Waals surface area contributed by atoms with Crippen LogP contribution in [0.2, 0.25) is 0 Å². The second-order valence-electron chi connectivity index (χ2n) is 4.55. The van der Waals surface area contributed by atoms with Crippen LogP contribution in [0.3, 0.4) is 0 Å². The lowest BCUT2D eigenvalue weighted by Crippen LogP contribution is -2.54. The van der Waals surface area contributed by atoms with Gasteiger partial charge in [0.15, 0.2) is 5.96 Å². The molecular weight excluding hydrogens is 190 g/mol. The molecule has 0 amide bonds. The van der Waals surface area contributed by atoms with Gasteiger partial charge in [0, 0.05) is 13.7 Å². The van der Waals surface area contributed by atoms with Crippen LogP contribution in [0.4, 0.5) is 0 Å². The molecule has 1 aliphatic carbocycles. The van der Waals surface area contributed by atoms with Crippen molar-refractivity contribution < 1.29 is 4.74 Å². The van der Waals surface area contributed by atoms with E-state index in [4.69, 9.17) is 10.5 Å². The number of ether oxygens (including phenoxy) is 1. The third-order valence-electron chi connectivity index (χ3n) is 3.80. The fourth-order valence-corrected chi connectivity index (χ4v) is 2.70. The highest BCUT2D eigenvalue weighted by atomic mass is 16.5. The van der Waals surface area contributed by atoms with Crippen LogP contribution < -0.4 is 5.73 Å². The van der Waals surface area contributed by atoms with E-state index < -0.39 is 0 Å². The Morgan fingerprint density at radius 3 is 2.87 bits per heavy atom. The summed E-state index contributed by atoms with van der Waals surface area (Å²) in [6, 6.07) is 0. The molecule has 0 aromatic carbocycles. The highest BCUT2D eigenvalue weighted by Crippen LogP contribution is 2.46. The van der Waals surface area contributed by atoms with Crippen LogP contribution >= 0.6 is 0 Å². The zero-order valence-corrected chi connectivity index (χ0v) is 9.70. The molecule has 0 aromatic heterocycles. The zero-order chi connectivity index (χ0) is 10.9. The minimum atomic E-state index is 0.211. The first-order chi connectivity index (χ1) is 7.24. The van der Waals surface area contributed by atoms with Crippen molar-refractivity contribution in [1.29, 1.82) is 0 Å². The van der Waals surface area contributed by atoms with Crippen LogP contribution in [0, 0.1) is 5.92 Å². The maximum absolute atomic E-state index is 5.96. The van der Waals surface area contributed by atoms with Crippen LogP contribution in [0.5, 0.6) is 0 Å². The first-order valence-corrected chi connectivity index (χ1v) is 5.81. The lowest BCUT2D eigenvalue weighted by atomic mass is 9.89.